The van der Waals surface area contributed by atoms with Crippen molar-refractivity contribution in [1.82, 2.24) is 48.6 Å². The van der Waals surface area contributed by atoms with Crippen molar-refractivity contribution in [2.24, 2.45) is 11.5 Å². The summed E-state index contributed by atoms with van der Waals surface area (Å²) in [6.45, 7) is 8.55. The Balaban J connectivity index is 0.000000164. The van der Waals surface area contributed by atoms with Crippen LogP contribution in [0.3, 0.4) is 0 Å². The zero-order valence-electron chi connectivity index (χ0n) is 45.6. The summed E-state index contributed by atoms with van der Waals surface area (Å²) in [5, 5.41) is 30.4. The van der Waals surface area contributed by atoms with E-state index in [2.05, 4.69) is 30.1 Å². The molecule has 6 aromatic carbocycles. The Labute approximate surface area is 472 Å². The molecule has 1 saturated heterocycles. The van der Waals surface area contributed by atoms with Gasteiger partial charge in [0, 0.05) is 45.7 Å². The lowest BCUT2D eigenvalue weighted by molar-refractivity contribution is -0.139. The average Bonchev–Trinajstić information content (AvgIpc) is 3.63. The van der Waals surface area contributed by atoms with Crippen molar-refractivity contribution >= 4 is 55.4 Å². The fraction of sp³-hybridized carbons (Fsp3) is 0.175. The van der Waals surface area contributed by atoms with Gasteiger partial charge in [-0.1, -0.05) is 60.7 Å². The Morgan fingerprint density at radius 1 is 0.651 bits per heavy atom. The largest absolute Gasteiger partial charge is 0.394 e. The van der Waals surface area contributed by atoms with E-state index in [1.165, 1.54) is 0 Å². The van der Waals surface area contributed by atoms with E-state index in [9.17, 15) is 24.3 Å². The molecule has 0 spiro atoms. The van der Waals surface area contributed by atoms with E-state index in [-0.39, 0.29) is 30.4 Å². The normalized spacial score (nSPS) is 14.4. The molecule has 416 valence electrons. The summed E-state index contributed by atoms with van der Waals surface area (Å²) in [7, 11) is 0. The van der Waals surface area contributed by atoms with Crippen molar-refractivity contribution in [2.45, 2.75) is 58.8 Å². The van der Waals surface area contributed by atoms with Crippen molar-refractivity contribution in [3.8, 4) is 56.1 Å². The highest BCUT2D eigenvalue weighted by Gasteiger charge is 2.33. The number of amides is 2. The van der Waals surface area contributed by atoms with Gasteiger partial charge in [0.25, 0.3) is 22.9 Å². The fourth-order valence-corrected chi connectivity index (χ4v) is 11.0. The first-order valence-corrected chi connectivity index (χ1v) is 26.7. The molecule has 12 aromatic rings. The number of aromatic amines is 2. The molecule has 0 bridgehead atoms. The zero-order chi connectivity index (χ0) is 57.8. The summed E-state index contributed by atoms with van der Waals surface area (Å²) >= 11 is 0. The van der Waals surface area contributed by atoms with Crippen LogP contribution in [0.4, 0.5) is 0 Å². The number of hydrogen-bond donors (Lipinski definition) is 6. The predicted molar refractivity (Wildman–Crippen MR) is 316 cm³/mol. The molecule has 7 heterocycles. The molecular weight excluding hydrogens is 1050 g/mol. The second-order valence-corrected chi connectivity index (χ2v) is 21.0. The molecule has 6 aromatic heterocycles. The number of H-pyrrole nitrogens is 2. The molecule has 2 amide bonds. The predicted octanol–water partition coefficient (Wildman–Crippen LogP) is 8.11. The summed E-state index contributed by atoms with van der Waals surface area (Å²) in [5.41, 5.74) is 24.3. The van der Waals surface area contributed by atoms with E-state index in [1.54, 1.807) is 69.3 Å². The number of nitrogens with two attached hydrogens (primary N) is 2. The number of para-hydroxylation sites is 2. The molecule has 1 fully saturated rings. The number of carbonyl (C=O) groups is 2. The summed E-state index contributed by atoms with van der Waals surface area (Å²) in [5.74, 6) is -1.69. The monoisotopic (exact) mass is 1110 g/mol. The van der Waals surface area contributed by atoms with E-state index < -0.39 is 23.7 Å². The van der Waals surface area contributed by atoms with Gasteiger partial charge < -0.3 is 41.1 Å². The molecule has 0 radical (unpaired) electrons. The van der Waals surface area contributed by atoms with Gasteiger partial charge in [-0.2, -0.15) is 10.2 Å². The van der Waals surface area contributed by atoms with Crippen LogP contribution in [0.1, 0.15) is 45.7 Å². The summed E-state index contributed by atoms with van der Waals surface area (Å²) in [6.07, 6.45) is 9.19. The minimum absolute atomic E-state index is 0.0981. The smallest absolute Gasteiger partial charge is 0.265 e. The average molecular weight is 1110 g/mol. The van der Waals surface area contributed by atoms with Gasteiger partial charge in [0.2, 0.25) is 0 Å². The molecule has 83 heavy (non-hydrogen) atoms. The quantitative estimate of drug-likeness (QED) is 0.0639. The molecular formula is C63H56N12O8. The SMILES string of the molecule is Cc1c(-c2ccc(C(N)=O)c3[nH]c(-c4cnn(C[C@@H](O)CO)c4)cc23)cccc1-n1cnc2ccccc2c1=O.Cc1c(-c2ccc(C(N)=O)c3[nH]c(-c4cnn(C[C@@H]5COC(C)(C)O5)c4)cc23)cccc1-n1cnc2ccccc2c1=O. The number of rotatable bonds is 13. The Bertz CT molecular complexity index is 4660. The van der Waals surface area contributed by atoms with Crippen molar-refractivity contribution in [2.75, 3.05) is 13.2 Å². The molecule has 0 unspecified atom stereocenters. The summed E-state index contributed by atoms with van der Waals surface area (Å²) in [4.78, 5) is 67.2. The third-order valence-corrected chi connectivity index (χ3v) is 15.1. The summed E-state index contributed by atoms with van der Waals surface area (Å²) in [6, 6.07) is 37.2. The van der Waals surface area contributed by atoms with Gasteiger partial charge in [-0.3, -0.25) is 37.7 Å². The first-order valence-electron chi connectivity index (χ1n) is 26.7. The van der Waals surface area contributed by atoms with Crippen molar-refractivity contribution in [3.63, 3.8) is 0 Å². The highest BCUT2D eigenvalue weighted by molar-refractivity contribution is 6.12. The topological polar surface area (TPSA) is 282 Å². The van der Waals surface area contributed by atoms with Crippen LogP contribution in [0, 0.1) is 13.8 Å². The number of primary amides is 2. The zero-order valence-corrected chi connectivity index (χ0v) is 45.6. The van der Waals surface area contributed by atoms with Crippen LogP contribution < -0.4 is 22.6 Å². The third kappa shape index (κ3) is 10.1. The number of benzene rings is 6. The number of aliphatic hydroxyl groups is 2. The Morgan fingerprint density at radius 2 is 1.13 bits per heavy atom. The van der Waals surface area contributed by atoms with Crippen LogP contribution in [0.5, 0.6) is 0 Å². The highest BCUT2D eigenvalue weighted by atomic mass is 16.7. The maximum absolute atomic E-state index is 13.4. The van der Waals surface area contributed by atoms with E-state index in [0.29, 0.717) is 68.5 Å². The first-order chi connectivity index (χ1) is 40.0. The van der Waals surface area contributed by atoms with Gasteiger partial charge in [0.1, 0.15) is 18.8 Å². The second-order valence-electron chi connectivity index (χ2n) is 21.0. The van der Waals surface area contributed by atoms with Crippen molar-refractivity contribution in [1.29, 1.82) is 0 Å². The van der Waals surface area contributed by atoms with E-state index in [0.717, 1.165) is 66.7 Å². The number of hydrogen-bond acceptors (Lipinski definition) is 12. The Hall–Kier alpha value is -10.1. The molecule has 0 aliphatic carbocycles. The van der Waals surface area contributed by atoms with Gasteiger partial charge >= 0.3 is 0 Å². The number of carbonyl (C=O) groups excluding carboxylic acids is 2. The van der Waals surface area contributed by atoms with Gasteiger partial charge in [0.15, 0.2) is 5.79 Å². The molecule has 20 nitrogen and oxygen atoms in total. The Morgan fingerprint density at radius 3 is 1.60 bits per heavy atom. The lowest BCUT2D eigenvalue weighted by Gasteiger charge is -2.16. The van der Waals surface area contributed by atoms with E-state index >= 15 is 0 Å². The number of nitrogens with zero attached hydrogens (tertiary/aromatic N) is 8. The number of aliphatic hydroxyl groups excluding tert-OH is 2. The molecule has 20 heteroatoms. The van der Waals surface area contributed by atoms with Crippen molar-refractivity contribution < 1.29 is 29.3 Å². The molecule has 0 saturated carbocycles. The minimum atomic E-state index is -0.927. The van der Waals surface area contributed by atoms with Crippen LogP contribution >= 0.6 is 0 Å². The lowest BCUT2D eigenvalue weighted by atomic mass is 9.94. The van der Waals surface area contributed by atoms with Crippen LogP contribution in [0.15, 0.2) is 168 Å². The third-order valence-electron chi connectivity index (χ3n) is 15.1. The first kappa shape index (κ1) is 53.5. The van der Waals surface area contributed by atoms with Gasteiger partial charge in [-0.05, 0) is 122 Å². The molecule has 1 aliphatic heterocycles. The van der Waals surface area contributed by atoms with Crippen LogP contribution in [-0.4, -0.2) is 102 Å². The van der Waals surface area contributed by atoms with Crippen LogP contribution in [-0.2, 0) is 22.6 Å². The number of aromatic nitrogens is 10. The van der Waals surface area contributed by atoms with Gasteiger partial charge in [0.05, 0.1) is 100 Å². The maximum Gasteiger partial charge on any atom is 0.265 e. The van der Waals surface area contributed by atoms with Crippen LogP contribution in [0.25, 0.3) is 99.8 Å². The highest BCUT2D eigenvalue weighted by Crippen LogP contribution is 2.39. The molecule has 8 N–H and O–H groups in total. The number of fused-ring (bicyclic) bond motifs is 4. The lowest BCUT2D eigenvalue weighted by Crippen LogP contribution is -2.24. The molecule has 2 atom stereocenters. The number of ether oxygens (including phenoxy) is 2. The van der Waals surface area contributed by atoms with Gasteiger partial charge in [-0.25, -0.2) is 9.97 Å². The maximum atomic E-state index is 13.4. The fourth-order valence-electron chi connectivity index (χ4n) is 11.0. The Kier molecular flexibility index (Phi) is 13.8. The second kappa shape index (κ2) is 21.4. The molecule has 13 rings (SSSR count). The van der Waals surface area contributed by atoms with Gasteiger partial charge in [-0.15, -0.1) is 0 Å². The standard InChI is InChI=1S/C33H30N6O4.C30H26N6O4/c1-19-22(8-6-10-29(19)39-18-35-27-9-5-4-7-24(27)32(39)41)23-11-12-25(31(34)40)30-26(23)13-28(37-30)20-14-36-38(15-20)16-21-17-42-33(2,3)43-21;1-17-20(6-4-8-27(17)36-16-32-25-7-3-2-5-22(25)30(36)40)21-9-10-23(29(31)39)28-24(21)11-26(34-28)18-12-33-35(13-18)14-19(38)15-37/h4-15,18,21,37H,16-17H2,1-3H3,(H2,34,40);2-13,16,19,34,37-38H,14-15H2,1H3,(H2,31,39)/t21-;19-/m11/s1. The minimum Gasteiger partial charge on any atom is -0.394 e. The van der Waals surface area contributed by atoms with Crippen molar-refractivity contribution in [3.05, 3.63) is 202 Å². The molecule has 1 aliphatic rings. The van der Waals surface area contributed by atoms with Crippen LogP contribution in [0.2, 0.25) is 0 Å². The number of nitrogens with one attached hydrogen (secondary N) is 2. The van der Waals surface area contributed by atoms with E-state index in [1.807, 2.05) is 136 Å². The van der Waals surface area contributed by atoms with E-state index in [4.69, 9.17) is 26.0 Å². The summed E-state index contributed by atoms with van der Waals surface area (Å²) < 4.78 is 18.1.